The molecule has 0 aromatic heterocycles. The number of hydrogen-bond acceptors (Lipinski definition) is 0. The van der Waals surface area contributed by atoms with Crippen molar-refractivity contribution in [3.05, 3.63) is 0 Å². The molecule has 0 N–H and O–H groups in total. The van der Waals surface area contributed by atoms with Crippen molar-refractivity contribution in [1.29, 1.82) is 0 Å². The average molecular weight is 184 g/mol. The lowest BCUT2D eigenvalue weighted by atomic mass is 11.0. The lowest BCUT2D eigenvalue weighted by molar-refractivity contribution is 1.50. The first kappa shape index (κ1) is 5.73. The van der Waals surface area contributed by atoms with Gasteiger partial charge in [-0.15, -0.1) is 0 Å². The number of halogens is 1. The summed E-state index contributed by atoms with van der Waals surface area (Å²) in [4.78, 5) is 1.97. The minimum absolute atomic E-state index is 1.50. The maximum Gasteiger partial charge on any atom is -0.0121 e. The Labute approximate surface area is 47.1 Å². The van der Waals surface area contributed by atoms with Crippen molar-refractivity contribution in [3.8, 4) is 0 Å². The summed E-state index contributed by atoms with van der Waals surface area (Å²) in [5.41, 5.74) is 0. The summed E-state index contributed by atoms with van der Waals surface area (Å²) in [5, 5.41) is 0. The molecule has 1 aliphatic carbocycles. The van der Waals surface area contributed by atoms with Crippen LogP contribution in [-0.4, -0.2) is 4.93 Å². The fraction of sp³-hybridized carbons (Fsp3) is 1.00. The summed E-state index contributed by atoms with van der Waals surface area (Å²) in [5.74, 6) is 0. The van der Waals surface area contributed by atoms with Gasteiger partial charge in [0.2, 0.25) is 0 Å². The van der Waals surface area contributed by atoms with Crippen molar-refractivity contribution in [3.63, 3.8) is 0 Å². The largest absolute Gasteiger partial charge is 0.0901 e. The van der Waals surface area contributed by atoms with Crippen LogP contribution < -0.4 is 0 Å². The highest BCUT2D eigenvalue weighted by Crippen LogP contribution is 2.14. The molecule has 0 spiro atoms. The summed E-state index contributed by atoms with van der Waals surface area (Å²) in [7, 11) is 0. The van der Waals surface area contributed by atoms with Crippen LogP contribution in [0.1, 0.15) is 19.3 Å². The molecular weight excluding hydrogens is 175 g/mol. The molecule has 0 amide bonds. The van der Waals surface area contributed by atoms with Crippen LogP contribution in [0.15, 0.2) is 0 Å². The van der Waals surface area contributed by atoms with Gasteiger partial charge in [-0.25, -0.2) is 0 Å². The summed E-state index contributed by atoms with van der Waals surface area (Å²) >= 11 is 2.15. The topological polar surface area (TPSA) is 0 Å². The molecule has 1 rings (SSSR count). The summed E-state index contributed by atoms with van der Waals surface area (Å²) in [6.07, 6.45) is 4.50. The lowest BCUT2D eigenvalue weighted by Gasteiger charge is -1.05. The molecule has 1 fully saturated rings. The van der Waals surface area contributed by atoms with Gasteiger partial charge in [-0.1, -0.05) is 41.9 Å². The van der Waals surface area contributed by atoms with Crippen LogP contribution in [0, 0.1) is 0 Å². The van der Waals surface area contributed by atoms with Crippen LogP contribution in [0.25, 0.3) is 0 Å². The Morgan fingerprint density at radius 1 is 1.00 bits per heavy atom. The van der Waals surface area contributed by atoms with E-state index in [0.29, 0.717) is 0 Å². The standard InChI is InChI=1S/C3H6.CH3I/c1-2-3-1;1-2/h1-3H2;1H3. The van der Waals surface area contributed by atoms with Gasteiger partial charge in [0.05, 0.1) is 0 Å². The predicted octanol–water partition coefficient (Wildman–Crippen LogP) is 2.22. The molecule has 0 nitrogen and oxygen atoms in total. The van der Waals surface area contributed by atoms with Crippen molar-refractivity contribution in [2.45, 2.75) is 19.3 Å². The quantitative estimate of drug-likeness (QED) is 0.400. The first-order chi connectivity index (χ1) is 2.50. The van der Waals surface area contributed by atoms with Gasteiger partial charge in [0.1, 0.15) is 0 Å². The van der Waals surface area contributed by atoms with Gasteiger partial charge in [-0.2, -0.15) is 0 Å². The number of rotatable bonds is 0. The molecule has 0 aliphatic heterocycles. The van der Waals surface area contributed by atoms with Gasteiger partial charge in [-0.05, 0) is 4.93 Å². The third-order valence-electron chi connectivity index (χ3n) is 0.354. The van der Waals surface area contributed by atoms with Gasteiger partial charge < -0.3 is 0 Å². The molecule has 0 heterocycles. The van der Waals surface area contributed by atoms with Crippen molar-refractivity contribution in [1.82, 2.24) is 0 Å². The average Bonchev–Trinajstić information content (AvgIpc) is 2.19. The molecule has 0 unspecified atom stereocenters. The zero-order chi connectivity index (χ0) is 4.12. The Morgan fingerprint density at radius 2 is 1.20 bits per heavy atom. The molecule has 5 heavy (non-hydrogen) atoms. The second-order valence-corrected chi connectivity index (χ2v) is 1.06. The zero-order valence-corrected chi connectivity index (χ0v) is 5.66. The van der Waals surface area contributed by atoms with E-state index in [4.69, 9.17) is 0 Å². The van der Waals surface area contributed by atoms with Crippen LogP contribution >= 0.6 is 22.6 Å². The Balaban J connectivity index is 0.0000000733. The Hall–Kier alpha value is 0.730. The van der Waals surface area contributed by atoms with Crippen molar-refractivity contribution in [2.24, 2.45) is 0 Å². The molecule has 1 saturated carbocycles. The Kier molecular flexibility index (Phi) is 5.42. The van der Waals surface area contributed by atoms with E-state index in [9.17, 15) is 0 Å². The molecule has 32 valence electrons. The van der Waals surface area contributed by atoms with Crippen LogP contribution in [0.5, 0.6) is 0 Å². The number of hydrogen-bond donors (Lipinski definition) is 0. The first-order valence-corrected chi connectivity index (χ1v) is 4.04. The van der Waals surface area contributed by atoms with Gasteiger partial charge in [0.15, 0.2) is 0 Å². The molecule has 0 aromatic carbocycles. The Bertz CT molecular complexity index is 8.36. The fourth-order valence-corrected chi connectivity index (χ4v) is 0. The molecule has 1 aliphatic rings. The van der Waals surface area contributed by atoms with Crippen molar-refractivity contribution in [2.75, 3.05) is 4.93 Å². The van der Waals surface area contributed by atoms with E-state index in [2.05, 4.69) is 22.6 Å². The van der Waals surface area contributed by atoms with Gasteiger partial charge >= 0.3 is 0 Å². The third-order valence-corrected chi connectivity index (χ3v) is 0.354. The highest BCUT2D eigenvalue weighted by molar-refractivity contribution is 14.1. The normalized spacial score (nSPS) is 15.6. The summed E-state index contributed by atoms with van der Waals surface area (Å²) in [6.45, 7) is 0. The van der Waals surface area contributed by atoms with Gasteiger partial charge in [0, 0.05) is 0 Å². The summed E-state index contributed by atoms with van der Waals surface area (Å²) in [6, 6.07) is 0. The maximum absolute atomic E-state index is 2.15. The predicted molar refractivity (Wildman–Crippen MR) is 33.8 cm³/mol. The molecule has 1 heteroatoms. The molecule has 0 radical (unpaired) electrons. The molecule has 0 saturated heterocycles. The minimum atomic E-state index is 1.50. The van der Waals surface area contributed by atoms with Gasteiger partial charge in [0.25, 0.3) is 0 Å². The second kappa shape index (κ2) is 4.73. The monoisotopic (exact) mass is 184 g/mol. The van der Waals surface area contributed by atoms with E-state index in [1.807, 2.05) is 4.93 Å². The minimum Gasteiger partial charge on any atom is -0.0901 e. The zero-order valence-electron chi connectivity index (χ0n) is 3.50. The van der Waals surface area contributed by atoms with E-state index in [0.717, 1.165) is 0 Å². The van der Waals surface area contributed by atoms with Crippen LogP contribution in [0.3, 0.4) is 0 Å². The molecule has 0 aromatic rings. The van der Waals surface area contributed by atoms with Crippen LogP contribution in [0.4, 0.5) is 0 Å². The van der Waals surface area contributed by atoms with E-state index < -0.39 is 0 Å². The SMILES string of the molecule is C1CC1.CI. The first-order valence-electron chi connectivity index (χ1n) is 1.88. The van der Waals surface area contributed by atoms with Gasteiger partial charge in [-0.3, -0.25) is 0 Å². The third kappa shape index (κ3) is 11.8. The highest BCUT2D eigenvalue weighted by Gasteiger charge is 1.95. The maximum atomic E-state index is 2.15. The number of alkyl halides is 1. The lowest BCUT2D eigenvalue weighted by Crippen LogP contribution is -0.856. The molecule has 0 bridgehead atoms. The fourth-order valence-electron chi connectivity index (χ4n) is 0. The van der Waals surface area contributed by atoms with Crippen LogP contribution in [-0.2, 0) is 0 Å². The Morgan fingerprint density at radius 3 is 1.20 bits per heavy atom. The van der Waals surface area contributed by atoms with Crippen LogP contribution in [0.2, 0.25) is 0 Å². The van der Waals surface area contributed by atoms with Crippen molar-refractivity contribution >= 4 is 22.6 Å². The second-order valence-electron chi connectivity index (χ2n) is 1.06. The van der Waals surface area contributed by atoms with E-state index in [1.165, 1.54) is 19.3 Å². The molecular formula is C4H9I. The van der Waals surface area contributed by atoms with Crippen molar-refractivity contribution < 1.29 is 0 Å². The molecule has 0 atom stereocenters. The van der Waals surface area contributed by atoms with E-state index >= 15 is 0 Å². The van der Waals surface area contributed by atoms with E-state index in [-0.39, 0.29) is 0 Å². The smallest absolute Gasteiger partial charge is 0.0121 e. The highest BCUT2D eigenvalue weighted by atomic mass is 127. The van der Waals surface area contributed by atoms with E-state index in [1.54, 1.807) is 0 Å². The summed E-state index contributed by atoms with van der Waals surface area (Å²) < 4.78 is 0.